The molecule has 1 aromatic heterocycles. The molecular weight excluding hydrogens is 323 g/mol. The van der Waals surface area contributed by atoms with Crippen molar-refractivity contribution in [2.45, 2.75) is 17.6 Å². The summed E-state index contributed by atoms with van der Waals surface area (Å²) in [5.41, 5.74) is 1.84. The average Bonchev–Trinajstić information content (AvgIpc) is 3.11. The molecule has 2 N–H and O–H groups in total. The maximum absolute atomic E-state index is 12.8. The average molecular weight is 335 g/mol. The molecule has 0 saturated carbocycles. The lowest BCUT2D eigenvalue weighted by molar-refractivity contribution is -0.137. The first-order chi connectivity index (χ1) is 11.0. The molecule has 2 aromatic carbocycles. The summed E-state index contributed by atoms with van der Waals surface area (Å²) in [4.78, 5) is 3.97. The Kier molecular flexibility index (Phi) is 3.28. The number of nitrogens with one attached hydrogen (secondary N) is 2. The summed E-state index contributed by atoms with van der Waals surface area (Å²) in [5, 5.41) is 1.00. The summed E-state index contributed by atoms with van der Waals surface area (Å²) >= 11 is 0. The third-order valence-electron chi connectivity index (χ3n) is 3.75. The van der Waals surface area contributed by atoms with Crippen molar-refractivity contribution in [1.82, 2.24) is 9.71 Å². The maximum Gasteiger partial charge on any atom is 0.416 e. The Labute approximate surface area is 132 Å². The Morgan fingerprint density at radius 3 is 2.74 bits per heavy atom. The van der Waals surface area contributed by atoms with Crippen molar-refractivity contribution in [3.63, 3.8) is 0 Å². The second-order valence-electron chi connectivity index (χ2n) is 5.24. The molecule has 1 aliphatic heterocycles. The van der Waals surface area contributed by atoms with Gasteiger partial charge in [0, 0.05) is 39.4 Å². The SMILES string of the molecule is FC(F)(F)c1ccc2c(c1)CNS2=Nc1c[nH]c2ccccc12. The standard InChI is InChI=1S/C16H12F3N3S/c17-16(18,19)11-5-6-15-10(7-11)8-21-23(15)22-14-9-20-13-4-2-1-3-12(13)14/h1-7,9,20H,8H2,(H,21,22). The fourth-order valence-corrected chi connectivity index (χ4v) is 4.15. The van der Waals surface area contributed by atoms with E-state index in [1.807, 2.05) is 30.5 Å². The van der Waals surface area contributed by atoms with Gasteiger partial charge in [-0.15, -0.1) is 0 Å². The summed E-state index contributed by atoms with van der Waals surface area (Å²) in [6.07, 6.45) is -2.49. The van der Waals surface area contributed by atoms with Crippen LogP contribution in [0.15, 0.2) is 57.9 Å². The molecule has 3 aromatic rings. The summed E-state index contributed by atoms with van der Waals surface area (Å²) in [6, 6.07) is 11.7. The molecule has 1 aliphatic rings. The van der Waals surface area contributed by atoms with Crippen LogP contribution in [0.3, 0.4) is 0 Å². The highest BCUT2D eigenvalue weighted by atomic mass is 32.2. The number of para-hydroxylation sites is 1. The van der Waals surface area contributed by atoms with Gasteiger partial charge in [0.1, 0.15) is 0 Å². The number of alkyl halides is 3. The number of fused-ring (bicyclic) bond motifs is 2. The van der Waals surface area contributed by atoms with Crippen LogP contribution in [0.2, 0.25) is 0 Å². The number of aromatic nitrogens is 1. The fraction of sp³-hybridized carbons (Fsp3) is 0.125. The number of aromatic amines is 1. The second kappa shape index (κ2) is 5.21. The largest absolute Gasteiger partial charge is 0.416 e. The van der Waals surface area contributed by atoms with Crippen molar-refractivity contribution in [2.24, 2.45) is 4.36 Å². The zero-order valence-corrected chi connectivity index (χ0v) is 12.6. The first kappa shape index (κ1) is 14.5. The van der Waals surface area contributed by atoms with Crippen LogP contribution < -0.4 is 4.72 Å². The number of H-pyrrole nitrogens is 1. The molecule has 23 heavy (non-hydrogen) atoms. The van der Waals surface area contributed by atoms with E-state index in [0.717, 1.165) is 27.6 Å². The van der Waals surface area contributed by atoms with Crippen LogP contribution in [-0.2, 0) is 23.6 Å². The Hall–Kier alpha value is -2.12. The number of halogens is 3. The van der Waals surface area contributed by atoms with Gasteiger partial charge in [-0.1, -0.05) is 18.2 Å². The molecular formula is C16H12F3N3S. The maximum atomic E-state index is 12.8. The van der Waals surface area contributed by atoms with E-state index in [0.29, 0.717) is 12.1 Å². The lowest BCUT2D eigenvalue weighted by Gasteiger charge is -2.08. The Bertz CT molecular complexity index is 928. The normalized spacial score (nSPS) is 17.8. The fourth-order valence-electron chi connectivity index (χ4n) is 2.62. The molecule has 1 atom stereocenters. The van der Waals surface area contributed by atoms with Crippen molar-refractivity contribution in [1.29, 1.82) is 0 Å². The number of rotatable bonds is 1. The van der Waals surface area contributed by atoms with E-state index in [9.17, 15) is 13.2 Å². The van der Waals surface area contributed by atoms with Gasteiger partial charge in [0.05, 0.1) is 11.3 Å². The highest BCUT2D eigenvalue weighted by Gasteiger charge is 2.32. The first-order valence-electron chi connectivity index (χ1n) is 6.98. The van der Waals surface area contributed by atoms with Crippen LogP contribution in [0, 0.1) is 0 Å². The molecule has 0 radical (unpaired) electrons. The van der Waals surface area contributed by atoms with Crippen molar-refractivity contribution >= 4 is 27.5 Å². The molecule has 118 valence electrons. The molecule has 3 nitrogen and oxygen atoms in total. The predicted octanol–water partition coefficient (Wildman–Crippen LogP) is 4.70. The number of hydrogen-bond acceptors (Lipinski definition) is 1. The third kappa shape index (κ3) is 2.55. The van der Waals surface area contributed by atoms with E-state index in [-0.39, 0.29) is 0 Å². The van der Waals surface area contributed by atoms with Crippen molar-refractivity contribution < 1.29 is 13.2 Å². The zero-order valence-electron chi connectivity index (χ0n) is 11.8. The molecule has 0 amide bonds. The quantitative estimate of drug-likeness (QED) is 0.665. The minimum absolute atomic E-state index is 0.397. The molecule has 4 rings (SSSR count). The third-order valence-corrected chi connectivity index (χ3v) is 5.36. The summed E-state index contributed by atoms with van der Waals surface area (Å²) < 4.78 is 46.2. The minimum Gasteiger partial charge on any atom is -0.359 e. The van der Waals surface area contributed by atoms with Gasteiger partial charge in [-0.25, -0.2) is 9.08 Å². The topological polar surface area (TPSA) is 40.2 Å². The smallest absolute Gasteiger partial charge is 0.359 e. The molecule has 1 unspecified atom stereocenters. The summed E-state index contributed by atoms with van der Waals surface area (Å²) in [6.45, 7) is 0.397. The Balaban J connectivity index is 1.76. The molecule has 0 fully saturated rings. The highest BCUT2D eigenvalue weighted by molar-refractivity contribution is 7.85. The first-order valence-corrected chi connectivity index (χ1v) is 8.16. The number of nitrogens with zero attached hydrogens (tertiary/aromatic N) is 1. The lowest BCUT2D eigenvalue weighted by Crippen LogP contribution is -2.05. The van der Waals surface area contributed by atoms with E-state index >= 15 is 0 Å². The van der Waals surface area contributed by atoms with Crippen LogP contribution in [0.25, 0.3) is 10.9 Å². The number of benzene rings is 2. The predicted molar refractivity (Wildman–Crippen MR) is 84.3 cm³/mol. The van der Waals surface area contributed by atoms with E-state index in [2.05, 4.69) is 14.1 Å². The number of hydrogen-bond donors (Lipinski definition) is 2. The molecule has 0 spiro atoms. The monoisotopic (exact) mass is 335 g/mol. The van der Waals surface area contributed by atoms with Crippen molar-refractivity contribution in [2.75, 3.05) is 0 Å². The van der Waals surface area contributed by atoms with E-state index in [1.54, 1.807) is 0 Å². The van der Waals surface area contributed by atoms with Gasteiger partial charge < -0.3 is 4.98 Å². The van der Waals surface area contributed by atoms with Gasteiger partial charge in [-0.2, -0.15) is 13.2 Å². The highest BCUT2D eigenvalue weighted by Crippen LogP contribution is 2.34. The zero-order chi connectivity index (χ0) is 16.0. The van der Waals surface area contributed by atoms with E-state index < -0.39 is 22.6 Å². The van der Waals surface area contributed by atoms with Crippen LogP contribution in [0.5, 0.6) is 0 Å². The van der Waals surface area contributed by atoms with Gasteiger partial charge in [0.15, 0.2) is 0 Å². The van der Waals surface area contributed by atoms with Crippen molar-refractivity contribution in [3.05, 3.63) is 59.8 Å². The van der Waals surface area contributed by atoms with Crippen LogP contribution in [0.1, 0.15) is 11.1 Å². The van der Waals surface area contributed by atoms with Crippen LogP contribution in [-0.4, -0.2) is 4.98 Å². The van der Waals surface area contributed by atoms with Gasteiger partial charge in [0.2, 0.25) is 0 Å². The van der Waals surface area contributed by atoms with Gasteiger partial charge in [-0.05, 0) is 29.8 Å². The van der Waals surface area contributed by atoms with Crippen LogP contribution in [0.4, 0.5) is 18.9 Å². The molecule has 2 heterocycles. The Morgan fingerprint density at radius 2 is 1.91 bits per heavy atom. The van der Waals surface area contributed by atoms with Crippen LogP contribution >= 0.6 is 0 Å². The Morgan fingerprint density at radius 1 is 1.09 bits per heavy atom. The van der Waals surface area contributed by atoms with E-state index in [1.165, 1.54) is 12.1 Å². The van der Waals surface area contributed by atoms with Gasteiger partial charge >= 0.3 is 6.18 Å². The van der Waals surface area contributed by atoms with Crippen molar-refractivity contribution in [3.8, 4) is 0 Å². The lowest BCUT2D eigenvalue weighted by atomic mass is 10.1. The molecule has 7 heteroatoms. The second-order valence-corrected chi connectivity index (χ2v) is 6.72. The summed E-state index contributed by atoms with van der Waals surface area (Å²) in [5.74, 6) is 0. The molecule has 0 bridgehead atoms. The molecule has 0 saturated heterocycles. The van der Waals surface area contributed by atoms with E-state index in [4.69, 9.17) is 0 Å². The minimum atomic E-state index is -4.32. The molecule has 0 aliphatic carbocycles. The van der Waals surface area contributed by atoms with Gasteiger partial charge in [-0.3, -0.25) is 0 Å². The summed E-state index contributed by atoms with van der Waals surface area (Å²) in [7, 11) is -0.635. The van der Waals surface area contributed by atoms with Gasteiger partial charge in [0.25, 0.3) is 0 Å².